The van der Waals surface area contributed by atoms with E-state index in [2.05, 4.69) is 55.2 Å². The molecule has 0 fully saturated rings. The zero-order valence-corrected chi connectivity index (χ0v) is 18.0. The number of carbonyl (C=O) groups excluding carboxylic acids is 1. The van der Waals surface area contributed by atoms with E-state index >= 15 is 0 Å². The van der Waals surface area contributed by atoms with E-state index < -0.39 is 0 Å². The van der Waals surface area contributed by atoms with Gasteiger partial charge >= 0.3 is 5.97 Å². The van der Waals surface area contributed by atoms with Crippen molar-refractivity contribution < 1.29 is 9.53 Å². The van der Waals surface area contributed by atoms with Crippen molar-refractivity contribution in [2.45, 2.75) is 32.0 Å². The maximum Gasteiger partial charge on any atom is 0.339 e. The summed E-state index contributed by atoms with van der Waals surface area (Å²) < 4.78 is 9.82. The molecule has 2 aromatic carbocycles. The number of ether oxygens (including phenoxy) is 1. The summed E-state index contributed by atoms with van der Waals surface area (Å²) in [5.74, 6) is -0.275. The van der Waals surface area contributed by atoms with Crippen LogP contribution < -0.4 is 0 Å². The Labute approximate surface area is 182 Å². The minimum absolute atomic E-state index is 0.275. The molecule has 1 atom stereocenters. The molecule has 0 aliphatic carbocycles. The molecule has 4 aromatic rings. The number of rotatable bonds is 6. The van der Waals surface area contributed by atoms with Crippen LogP contribution in [0.25, 0.3) is 10.9 Å². The SMILES string of the molecule is O=C1OC(Cn2cc(CCBr)nn2)Cc2cn(Cc3ccccc3)c3cccc1c23. The molecule has 3 heterocycles. The molecule has 7 heteroatoms. The minimum atomic E-state index is -0.292. The molecule has 0 spiro atoms. The summed E-state index contributed by atoms with van der Waals surface area (Å²) in [5.41, 5.74) is 4.98. The molecule has 5 rings (SSSR count). The third-order valence-corrected chi connectivity index (χ3v) is 5.85. The predicted molar refractivity (Wildman–Crippen MR) is 118 cm³/mol. The zero-order chi connectivity index (χ0) is 20.5. The van der Waals surface area contributed by atoms with Gasteiger partial charge in [-0.15, -0.1) is 5.10 Å². The molecule has 6 nitrogen and oxygen atoms in total. The quantitative estimate of drug-likeness (QED) is 0.319. The molecular weight excluding hydrogens is 444 g/mol. The van der Waals surface area contributed by atoms with Crippen molar-refractivity contribution in [3.8, 4) is 0 Å². The number of alkyl halides is 1. The molecule has 0 saturated carbocycles. The number of carbonyl (C=O) groups is 1. The Morgan fingerprint density at radius 2 is 1.97 bits per heavy atom. The highest BCUT2D eigenvalue weighted by Crippen LogP contribution is 2.31. The smallest absolute Gasteiger partial charge is 0.339 e. The highest BCUT2D eigenvalue weighted by atomic mass is 79.9. The van der Waals surface area contributed by atoms with Crippen molar-refractivity contribution in [3.05, 3.63) is 83.3 Å². The van der Waals surface area contributed by atoms with Crippen molar-refractivity contribution in [3.63, 3.8) is 0 Å². The standard InChI is InChI=1S/C23H21BrN4O2/c24-10-9-18-14-28(26-25-18)15-19-11-17-13-27(12-16-5-2-1-3-6-16)21-8-4-7-20(22(17)21)23(29)30-19/h1-8,13-14,19H,9-12,15H2. The molecule has 1 aliphatic heterocycles. The summed E-state index contributed by atoms with van der Waals surface area (Å²) in [5, 5.41) is 10.2. The fourth-order valence-corrected chi connectivity index (χ4v) is 4.53. The molecule has 30 heavy (non-hydrogen) atoms. The van der Waals surface area contributed by atoms with E-state index in [9.17, 15) is 4.79 Å². The van der Waals surface area contributed by atoms with E-state index in [0.717, 1.165) is 40.5 Å². The number of benzene rings is 2. The molecule has 1 unspecified atom stereocenters. The van der Waals surface area contributed by atoms with Gasteiger partial charge in [0.05, 0.1) is 17.8 Å². The summed E-state index contributed by atoms with van der Waals surface area (Å²) >= 11 is 3.42. The van der Waals surface area contributed by atoms with Gasteiger partial charge in [-0.25, -0.2) is 9.48 Å². The molecule has 1 aliphatic rings. The second-order valence-corrected chi connectivity index (χ2v) is 8.36. The van der Waals surface area contributed by atoms with Crippen LogP contribution >= 0.6 is 15.9 Å². The fourth-order valence-electron chi connectivity index (χ4n) is 4.13. The molecule has 0 bridgehead atoms. The Morgan fingerprint density at radius 1 is 1.10 bits per heavy atom. The Hall–Kier alpha value is -2.93. The van der Waals surface area contributed by atoms with Crippen molar-refractivity contribution in [2.24, 2.45) is 0 Å². The second kappa shape index (κ2) is 8.07. The van der Waals surface area contributed by atoms with E-state index in [0.29, 0.717) is 18.5 Å². The summed E-state index contributed by atoms with van der Waals surface area (Å²) in [6, 6.07) is 16.2. The van der Waals surface area contributed by atoms with Crippen molar-refractivity contribution in [1.82, 2.24) is 19.6 Å². The van der Waals surface area contributed by atoms with E-state index in [-0.39, 0.29) is 12.1 Å². The van der Waals surface area contributed by atoms with Crippen molar-refractivity contribution in [1.29, 1.82) is 0 Å². The molecule has 2 aromatic heterocycles. The van der Waals surface area contributed by atoms with Crippen LogP contribution in [-0.4, -0.2) is 37.0 Å². The van der Waals surface area contributed by atoms with Crippen LogP contribution in [0.2, 0.25) is 0 Å². The number of hydrogen-bond acceptors (Lipinski definition) is 4. The van der Waals surface area contributed by atoms with Gasteiger partial charge in [-0.05, 0) is 23.3 Å². The lowest BCUT2D eigenvalue weighted by Crippen LogP contribution is -2.24. The normalized spacial score (nSPS) is 15.9. The number of esters is 1. The average molecular weight is 465 g/mol. The number of cyclic esters (lactones) is 1. The minimum Gasteiger partial charge on any atom is -0.456 e. The highest BCUT2D eigenvalue weighted by molar-refractivity contribution is 9.09. The summed E-state index contributed by atoms with van der Waals surface area (Å²) in [4.78, 5) is 12.9. The Bertz CT molecular complexity index is 1200. The maximum absolute atomic E-state index is 12.9. The van der Waals surface area contributed by atoms with Gasteiger partial charge in [-0.1, -0.05) is 57.5 Å². The van der Waals surface area contributed by atoms with E-state index in [1.807, 2.05) is 36.5 Å². The summed E-state index contributed by atoms with van der Waals surface area (Å²) in [6.07, 6.45) is 5.25. The monoisotopic (exact) mass is 464 g/mol. The Kier molecular flexibility index (Phi) is 5.12. The summed E-state index contributed by atoms with van der Waals surface area (Å²) in [7, 11) is 0. The van der Waals surface area contributed by atoms with Crippen LogP contribution in [0.3, 0.4) is 0 Å². The van der Waals surface area contributed by atoms with Crippen LogP contribution in [0.1, 0.15) is 27.2 Å². The maximum atomic E-state index is 12.9. The van der Waals surface area contributed by atoms with E-state index in [1.54, 1.807) is 4.68 Å². The van der Waals surface area contributed by atoms with E-state index in [4.69, 9.17) is 4.74 Å². The Morgan fingerprint density at radius 3 is 2.80 bits per heavy atom. The van der Waals surface area contributed by atoms with Crippen LogP contribution in [0.15, 0.2) is 60.9 Å². The first-order chi connectivity index (χ1) is 14.7. The van der Waals surface area contributed by atoms with Gasteiger partial charge in [-0.3, -0.25) is 0 Å². The molecule has 152 valence electrons. The van der Waals surface area contributed by atoms with Crippen LogP contribution in [0.5, 0.6) is 0 Å². The van der Waals surface area contributed by atoms with Gasteiger partial charge in [0.1, 0.15) is 6.10 Å². The van der Waals surface area contributed by atoms with Gasteiger partial charge in [0.15, 0.2) is 0 Å². The van der Waals surface area contributed by atoms with Gasteiger partial charge in [-0.2, -0.15) is 0 Å². The molecule has 0 N–H and O–H groups in total. The topological polar surface area (TPSA) is 61.9 Å². The Balaban J connectivity index is 1.47. The lowest BCUT2D eigenvalue weighted by atomic mass is 10.0. The first-order valence-electron chi connectivity index (χ1n) is 10.0. The molecule has 0 saturated heterocycles. The van der Waals surface area contributed by atoms with Crippen molar-refractivity contribution in [2.75, 3.05) is 5.33 Å². The number of hydrogen-bond donors (Lipinski definition) is 0. The fraction of sp³-hybridized carbons (Fsp3) is 0.261. The number of halogens is 1. The lowest BCUT2D eigenvalue weighted by Gasteiger charge is -2.15. The number of nitrogens with zero attached hydrogens (tertiary/aromatic N) is 4. The lowest BCUT2D eigenvalue weighted by molar-refractivity contribution is 0.0264. The first-order valence-corrected chi connectivity index (χ1v) is 11.1. The molecule has 0 radical (unpaired) electrons. The summed E-state index contributed by atoms with van der Waals surface area (Å²) in [6.45, 7) is 1.25. The molecule has 0 amide bonds. The largest absolute Gasteiger partial charge is 0.456 e. The zero-order valence-electron chi connectivity index (χ0n) is 16.4. The number of aryl methyl sites for hydroxylation is 1. The van der Waals surface area contributed by atoms with Crippen LogP contribution in [0, 0.1) is 0 Å². The van der Waals surface area contributed by atoms with E-state index in [1.165, 1.54) is 5.56 Å². The number of aromatic nitrogens is 4. The van der Waals surface area contributed by atoms with Crippen LogP contribution in [0.4, 0.5) is 0 Å². The third kappa shape index (κ3) is 3.65. The predicted octanol–water partition coefficient (Wildman–Crippen LogP) is 4.00. The van der Waals surface area contributed by atoms with Gasteiger partial charge < -0.3 is 9.30 Å². The van der Waals surface area contributed by atoms with Gasteiger partial charge in [0.25, 0.3) is 0 Å². The third-order valence-electron chi connectivity index (χ3n) is 5.45. The highest BCUT2D eigenvalue weighted by Gasteiger charge is 2.27. The first kappa shape index (κ1) is 19.1. The average Bonchev–Trinajstić information content (AvgIpc) is 3.30. The van der Waals surface area contributed by atoms with Gasteiger partial charge in [0.2, 0.25) is 0 Å². The van der Waals surface area contributed by atoms with Crippen LogP contribution in [-0.2, 0) is 30.7 Å². The van der Waals surface area contributed by atoms with Gasteiger partial charge in [0, 0.05) is 48.0 Å². The van der Waals surface area contributed by atoms with Crippen molar-refractivity contribution >= 4 is 32.8 Å². The second-order valence-electron chi connectivity index (χ2n) is 7.57. The molecular formula is C23H21BrN4O2.